The van der Waals surface area contributed by atoms with E-state index in [0.29, 0.717) is 18.8 Å². The van der Waals surface area contributed by atoms with Gasteiger partial charge in [0.05, 0.1) is 6.61 Å². The van der Waals surface area contributed by atoms with Gasteiger partial charge in [0, 0.05) is 6.04 Å². The molecule has 1 unspecified atom stereocenters. The molecule has 0 bridgehead atoms. The molecule has 1 aromatic carbocycles. The summed E-state index contributed by atoms with van der Waals surface area (Å²) >= 11 is 0. The predicted octanol–water partition coefficient (Wildman–Crippen LogP) is 2.82. The number of rotatable bonds is 7. The minimum atomic E-state index is -0.536. The van der Waals surface area contributed by atoms with E-state index in [0.717, 1.165) is 12.0 Å². The van der Waals surface area contributed by atoms with Crippen LogP contribution in [0.15, 0.2) is 24.3 Å². The second kappa shape index (κ2) is 7.79. The third-order valence-electron chi connectivity index (χ3n) is 2.78. The summed E-state index contributed by atoms with van der Waals surface area (Å²) in [4.78, 5) is 11.7. The van der Waals surface area contributed by atoms with E-state index >= 15 is 0 Å². The van der Waals surface area contributed by atoms with Crippen LogP contribution in [0, 0.1) is 0 Å². The summed E-state index contributed by atoms with van der Waals surface area (Å²) in [6, 6.07) is 7.48. The third kappa shape index (κ3) is 4.91. The van der Waals surface area contributed by atoms with Crippen molar-refractivity contribution < 1.29 is 14.3 Å². The van der Waals surface area contributed by atoms with E-state index in [1.165, 1.54) is 0 Å². The molecule has 0 amide bonds. The quantitative estimate of drug-likeness (QED) is 0.770. The van der Waals surface area contributed by atoms with Gasteiger partial charge in [0.15, 0.2) is 6.10 Å². The molecule has 106 valence electrons. The van der Waals surface area contributed by atoms with Crippen molar-refractivity contribution in [1.82, 2.24) is 0 Å². The molecule has 0 aromatic heterocycles. The zero-order valence-corrected chi connectivity index (χ0v) is 11.9. The van der Waals surface area contributed by atoms with Crippen molar-refractivity contribution >= 4 is 5.97 Å². The normalized spacial score (nSPS) is 13.7. The summed E-state index contributed by atoms with van der Waals surface area (Å²) in [5.74, 6) is 0.358. The Balaban J connectivity index is 2.70. The summed E-state index contributed by atoms with van der Waals surface area (Å²) < 4.78 is 10.7. The van der Waals surface area contributed by atoms with Crippen molar-refractivity contribution in [2.24, 2.45) is 5.73 Å². The van der Waals surface area contributed by atoms with Gasteiger partial charge in [-0.3, -0.25) is 0 Å². The fourth-order valence-electron chi connectivity index (χ4n) is 1.74. The Hall–Kier alpha value is -1.55. The summed E-state index contributed by atoms with van der Waals surface area (Å²) in [5.41, 5.74) is 6.82. The molecule has 0 aliphatic carbocycles. The molecule has 2 atom stereocenters. The molecule has 2 N–H and O–H groups in total. The van der Waals surface area contributed by atoms with Crippen LogP contribution in [0.25, 0.3) is 0 Å². The number of nitrogens with two attached hydrogens (primary N) is 1. The maximum absolute atomic E-state index is 11.7. The highest BCUT2D eigenvalue weighted by molar-refractivity contribution is 5.75. The van der Waals surface area contributed by atoms with E-state index in [-0.39, 0.29) is 12.0 Å². The highest BCUT2D eigenvalue weighted by Crippen LogP contribution is 2.19. The topological polar surface area (TPSA) is 61.5 Å². The van der Waals surface area contributed by atoms with Crippen LogP contribution in [0.2, 0.25) is 0 Å². The van der Waals surface area contributed by atoms with E-state index in [2.05, 4.69) is 0 Å². The summed E-state index contributed by atoms with van der Waals surface area (Å²) in [6.45, 7) is 6.09. The SMILES string of the molecule is CCCC(Oc1ccc([C@H](C)N)cc1)C(=O)OCC. The van der Waals surface area contributed by atoms with Gasteiger partial charge in [-0.15, -0.1) is 0 Å². The molecule has 0 radical (unpaired) electrons. The van der Waals surface area contributed by atoms with Crippen molar-refractivity contribution in [1.29, 1.82) is 0 Å². The van der Waals surface area contributed by atoms with Crippen LogP contribution in [-0.2, 0) is 9.53 Å². The lowest BCUT2D eigenvalue weighted by atomic mass is 10.1. The molecule has 4 nitrogen and oxygen atoms in total. The highest BCUT2D eigenvalue weighted by Gasteiger charge is 2.20. The Labute approximate surface area is 114 Å². The number of benzene rings is 1. The Morgan fingerprint density at radius 1 is 1.26 bits per heavy atom. The molecule has 1 rings (SSSR count). The van der Waals surface area contributed by atoms with Crippen LogP contribution in [0.4, 0.5) is 0 Å². The van der Waals surface area contributed by atoms with Crippen LogP contribution in [0.5, 0.6) is 5.75 Å². The summed E-state index contributed by atoms with van der Waals surface area (Å²) in [6.07, 6.45) is 0.973. The average Bonchev–Trinajstić information content (AvgIpc) is 2.39. The second-order valence-corrected chi connectivity index (χ2v) is 4.50. The number of carbonyl (C=O) groups excluding carboxylic acids is 1. The van der Waals surface area contributed by atoms with E-state index in [1.807, 2.05) is 38.1 Å². The molecule has 0 aliphatic heterocycles. The predicted molar refractivity (Wildman–Crippen MR) is 75.0 cm³/mol. The molecule has 0 heterocycles. The number of esters is 1. The molecule has 0 aliphatic rings. The zero-order valence-electron chi connectivity index (χ0n) is 11.9. The minimum Gasteiger partial charge on any atom is -0.479 e. The summed E-state index contributed by atoms with van der Waals surface area (Å²) in [7, 11) is 0. The lowest BCUT2D eigenvalue weighted by Gasteiger charge is -2.17. The first kappa shape index (κ1) is 15.5. The van der Waals surface area contributed by atoms with Gasteiger partial charge in [-0.05, 0) is 38.0 Å². The van der Waals surface area contributed by atoms with E-state index in [9.17, 15) is 4.79 Å². The Kier molecular flexibility index (Phi) is 6.36. The lowest BCUT2D eigenvalue weighted by Crippen LogP contribution is -2.29. The molecular weight excluding hydrogens is 242 g/mol. The zero-order chi connectivity index (χ0) is 14.3. The van der Waals surface area contributed by atoms with Crippen LogP contribution in [0.3, 0.4) is 0 Å². The van der Waals surface area contributed by atoms with Gasteiger partial charge in [-0.1, -0.05) is 25.5 Å². The van der Waals surface area contributed by atoms with Gasteiger partial charge in [0.2, 0.25) is 0 Å². The molecule has 0 spiro atoms. The van der Waals surface area contributed by atoms with Crippen LogP contribution in [0.1, 0.15) is 45.2 Å². The average molecular weight is 265 g/mol. The molecule has 1 aromatic rings. The van der Waals surface area contributed by atoms with Crippen LogP contribution in [-0.4, -0.2) is 18.7 Å². The van der Waals surface area contributed by atoms with E-state index in [4.69, 9.17) is 15.2 Å². The largest absolute Gasteiger partial charge is 0.479 e. The van der Waals surface area contributed by atoms with Crippen molar-refractivity contribution in [2.45, 2.75) is 45.8 Å². The monoisotopic (exact) mass is 265 g/mol. The first-order chi connectivity index (χ1) is 9.08. The van der Waals surface area contributed by atoms with Gasteiger partial charge in [-0.2, -0.15) is 0 Å². The van der Waals surface area contributed by atoms with Gasteiger partial charge in [-0.25, -0.2) is 4.79 Å². The number of ether oxygens (including phenoxy) is 2. The smallest absolute Gasteiger partial charge is 0.347 e. The first-order valence-corrected chi connectivity index (χ1v) is 6.77. The standard InChI is InChI=1S/C15H23NO3/c1-4-6-14(15(17)18-5-2)19-13-9-7-12(8-10-13)11(3)16/h7-11,14H,4-6,16H2,1-3H3/t11-,14?/m0/s1. The maximum Gasteiger partial charge on any atom is 0.347 e. The molecule has 0 saturated heterocycles. The van der Waals surface area contributed by atoms with Crippen molar-refractivity contribution in [2.75, 3.05) is 6.61 Å². The van der Waals surface area contributed by atoms with E-state index in [1.54, 1.807) is 6.92 Å². The fraction of sp³-hybridized carbons (Fsp3) is 0.533. The van der Waals surface area contributed by atoms with Crippen LogP contribution >= 0.6 is 0 Å². The van der Waals surface area contributed by atoms with Crippen molar-refractivity contribution in [3.63, 3.8) is 0 Å². The molecule has 0 fully saturated rings. The van der Waals surface area contributed by atoms with Gasteiger partial charge < -0.3 is 15.2 Å². The second-order valence-electron chi connectivity index (χ2n) is 4.50. The lowest BCUT2D eigenvalue weighted by molar-refractivity contribution is -0.151. The molecular formula is C15H23NO3. The van der Waals surface area contributed by atoms with E-state index < -0.39 is 6.10 Å². The fourth-order valence-corrected chi connectivity index (χ4v) is 1.74. The van der Waals surface area contributed by atoms with Crippen molar-refractivity contribution in [3.8, 4) is 5.75 Å². The first-order valence-electron chi connectivity index (χ1n) is 6.77. The van der Waals surface area contributed by atoms with Gasteiger partial charge in [0.1, 0.15) is 5.75 Å². The van der Waals surface area contributed by atoms with Crippen molar-refractivity contribution in [3.05, 3.63) is 29.8 Å². The summed E-state index contributed by atoms with van der Waals surface area (Å²) in [5, 5.41) is 0. The maximum atomic E-state index is 11.7. The Morgan fingerprint density at radius 3 is 2.37 bits per heavy atom. The molecule has 0 saturated carbocycles. The Morgan fingerprint density at radius 2 is 1.89 bits per heavy atom. The van der Waals surface area contributed by atoms with Gasteiger partial charge >= 0.3 is 5.97 Å². The number of hydrogen-bond acceptors (Lipinski definition) is 4. The number of hydrogen-bond donors (Lipinski definition) is 1. The third-order valence-corrected chi connectivity index (χ3v) is 2.78. The van der Waals surface area contributed by atoms with Crippen LogP contribution < -0.4 is 10.5 Å². The number of carbonyl (C=O) groups is 1. The molecule has 4 heteroatoms. The highest BCUT2D eigenvalue weighted by atomic mass is 16.6. The van der Waals surface area contributed by atoms with Gasteiger partial charge in [0.25, 0.3) is 0 Å². The Bertz CT molecular complexity index is 387. The minimum absolute atomic E-state index is 0.00875. The molecule has 19 heavy (non-hydrogen) atoms.